The molecule has 0 aromatic heterocycles. The number of benzene rings is 2. The van der Waals surface area contributed by atoms with Crippen molar-refractivity contribution in [1.29, 1.82) is 0 Å². The van der Waals surface area contributed by atoms with E-state index in [0.29, 0.717) is 19.8 Å². The SMILES string of the molecule is COc1ccc(C(CNC(=O)c2cccc(OC(F)F)c2)N2CCOCC2)cc1. The van der Waals surface area contributed by atoms with Crippen LogP contribution in [-0.2, 0) is 4.74 Å². The van der Waals surface area contributed by atoms with Crippen molar-refractivity contribution in [3.63, 3.8) is 0 Å². The second-order valence-electron chi connectivity index (χ2n) is 6.55. The third-order valence-corrected chi connectivity index (χ3v) is 4.76. The lowest BCUT2D eigenvalue weighted by atomic mass is 10.0. The number of nitrogens with one attached hydrogen (secondary N) is 1. The summed E-state index contributed by atoms with van der Waals surface area (Å²) in [6, 6.07) is 13.4. The van der Waals surface area contributed by atoms with Gasteiger partial charge in [-0.1, -0.05) is 18.2 Å². The zero-order valence-corrected chi connectivity index (χ0v) is 16.1. The average molecular weight is 406 g/mol. The molecule has 1 aliphatic heterocycles. The highest BCUT2D eigenvalue weighted by Gasteiger charge is 2.23. The van der Waals surface area contributed by atoms with Crippen LogP contribution in [-0.4, -0.2) is 57.4 Å². The molecule has 2 aromatic carbocycles. The largest absolute Gasteiger partial charge is 0.497 e. The second kappa shape index (κ2) is 10.2. The van der Waals surface area contributed by atoms with E-state index >= 15 is 0 Å². The Labute approximate surface area is 168 Å². The Morgan fingerprint density at radius 2 is 1.86 bits per heavy atom. The number of rotatable bonds is 8. The maximum Gasteiger partial charge on any atom is 0.387 e. The van der Waals surface area contributed by atoms with Gasteiger partial charge in [-0.05, 0) is 35.9 Å². The number of hydrogen-bond donors (Lipinski definition) is 1. The van der Waals surface area contributed by atoms with Crippen molar-refractivity contribution in [2.45, 2.75) is 12.7 Å². The Hall–Kier alpha value is -2.71. The van der Waals surface area contributed by atoms with Crippen molar-refractivity contribution in [2.75, 3.05) is 40.0 Å². The number of amides is 1. The van der Waals surface area contributed by atoms with Crippen LogP contribution in [0.15, 0.2) is 48.5 Å². The molecule has 6 nitrogen and oxygen atoms in total. The Morgan fingerprint density at radius 3 is 2.52 bits per heavy atom. The number of morpholine rings is 1. The summed E-state index contributed by atoms with van der Waals surface area (Å²) in [5.74, 6) is 0.360. The van der Waals surface area contributed by atoms with Crippen molar-refractivity contribution in [3.8, 4) is 11.5 Å². The number of carbonyl (C=O) groups is 1. The summed E-state index contributed by atoms with van der Waals surface area (Å²) in [5, 5.41) is 2.91. The smallest absolute Gasteiger partial charge is 0.387 e. The van der Waals surface area contributed by atoms with Crippen LogP contribution in [0.2, 0.25) is 0 Å². The summed E-state index contributed by atoms with van der Waals surface area (Å²) in [5.41, 5.74) is 1.31. The molecule has 0 saturated carbocycles. The van der Waals surface area contributed by atoms with Gasteiger partial charge in [0.25, 0.3) is 5.91 Å². The fraction of sp³-hybridized carbons (Fsp3) is 0.381. The normalized spacial score (nSPS) is 15.7. The van der Waals surface area contributed by atoms with Crippen LogP contribution in [0.25, 0.3) is 0 Å². The second-order valence-corrected chi connectivity index (χ2v) is 6.55. The number of hydrogen-bond acceptors (Lipinski definition) is 5. The molecule has 1 saturated heterocycles. The van der Waals surface area contributed by atoms with E-state index in [9.17, 15) is 13.6 Å². The molecule has 1 aliphatic rings. The fourth-order valence-corrected chi connectivity index (χ4v) is 3.28. The first-order valence-corrected chi connectivity index (χ1v) is 9.35. The fourth-order valence-electron chi connectivity index (χ4n) is 3.28. The number of methoxy groups -OCH3 is 1. The van der Waals surface area contributed by atoms with Crippen molar-refractivity contribution in [3.05, 3.63) is 59.7 Å². The van der Waals surface area contributed by atoms with E-state index in [0.717, 1.165) is 24.4 Å². The van der Waals surface area contributed by atoms with Gasteiger partial charge in [0, 0.05) is 25.2 Å². The summed E-state index contributed by atoms with van der Waals surface area (Å²) >= 11 is 0. The van der Waals surface area contributed by atoms with Gasteiger partial charge in [0.1, 0.15) is 11.5 Å². The molecule has 1 heterocycles. The number of carbonyl (C=O) groups excluding carboxylic acids is 1. The monoisotopic (exact) mass is 406 g/mol. The molecule has 8 heteroatoms. The minimum absolute atomic E-state index is 0.0470. The van der Waals surface area contributed by atoms with Gasteiger partial charge < -0.3 is 19.5 Å². The van der Waals surface area contributed by atoms with Crippen LogP contribution in [0, 0.1) is 0 Å². The molecule has 1 N–H and O–H groups in total. The molecule has 0 spiro atoms. The molecule has 1 fully saturated rings. The van der Waals surface area contributed by atoms with Crippen molar-refractivity contribution < 1.29 is 27.8 Å². The summed E-state index contributed by atoms with van der Waals surface area (Å²) in [6.45, 7) is 0.204. The zero-order valence-electron chi connectivity index (χ0n) is 16.1. The van der Waals surface area contributed by atoms with Crippen LogP contribution in [0.4, 0.5) is 8.78 Å². The molecule has 29 heavy (non-hydrogen) atoms. The molecule has 0 radical (unpaired) electrons. The zero-order chi connectivity index (χ0) is 20.6. The number of halogens is 2. The van der Waals surface area contributed by atoms with Crippen LogP contribution < -0.4 is 14.8 Å². The van der Waals surface area contributed by atoms with Crippen molar-refractivity contribution in [1.82, 2.24) is 10.2 Å². The van der Waals surface area contributed by atoms with E-state index in [4.69, 9.17) is 9.47 Å². The van der Waals surface area contributed by atoms with E-state index in [-0.39, 0.29) is 23.3 Å². The van der Waals surface area contributed by atoms with Crippen LogP contribution in [0.3, 0.4) is 0 Å². The molecule has 1 atom stereocenters. The third-order valence-electron chi connectivity index (χ3n) is 4.76. The van der Waals surface area contributed by atoms with Gasteiger partial charge in [-0.2, -0.15) is 8.78 Å². The van der Waals surface area contributed by atoms with Crippen molar-refractivity contribution >= 4 is 5.91 Å². The first kappa shape index (κ1) is 21.0. The van der Waals surface area contributed by atoms with Gasteiger partial charge in [0.15, 0.2) is 0 Å². The standard InChI is InChI=1S/C21H24F2N2O4/c1-27-17-7-5-15(6-8-17)19(25-9-11-28-12-10-25)14-24-20(26)16-3-2-4-18(13-16)29-21(22)23/h2-8,13,19,21H,9-12,14H2,1H3,(H,24,26). The lowest BCUT2D eigenvalue weighted by Crippen LogP contribution is -2.43. The van der Waals surface area contributed by atoms with E-state index in [1.165, 1.54) is 18.2 Å². The first-order chi connectivity index (χ1) is 14.1. The number of ether oxygens (including phenoxy) is 3. The number of nitrogens with zero attached hydrogens (tertiary/aromatic N) is 1. The molecule has 0 aliphatic carbocycles. The topological polar surface area (TPSA) is 60.0 Å². The summed E-state index contributed by atoms with van der Waals surface area (Å²) < 4.78 is 39.8. The summed E-state index contributed by atoms with van der Waals surface area (Å²) in [7, 11) is 1.61. The highest BCUT2D eigenvalue weighted by Crippen LogP contribution is 2.24. The minimum atomic E-state index is -2.94. The van der Waals surface area contributed by atoms with Crippen LogP contribution in [0.5, 0.6) is 11.5 Å². The third kappa shape index (κ3) is 5.88. The van der Waals surface area contributed by atoms with E-state index in [1.807, 2.05) is 24.3 Å². The maximum atomic E-state index is 12.6. The predicted octanol–water partition coefficient (Wildman–Crippen LogP) is 3.10. The molecule has 1 unspecified atom stereocenters. The van der Waals surface area contributed by atoms with E-state index in [2.05, 4.69) is 15.0 Å². The van der Waals surface area contributed by atoms with Gasteiger partial charge in [-0.25, -0.2) is 0 Å². The van der Waals surface area contributed by atoms with Gasteiger partial charge in [-0.3, -0.25) is 9.69 Å². The Morgan fingerprint density at radius 1 is 1.14 bits per heavy atom. The molecular formula is C21H24F2N2O4. The predicted molar refractivity (Wildman–Crippen MR) is 104 cm³/mol. The first-order valence-electron chi connectivity index (χ1n) is 9.35. The lowest BCUT2D eigenvalue weighted by Gasteiger charge is -2.35. The van der Waals surface area contributed by atoms with Gasteiger partial charge in [0.05, 0.1) is 26.4 Å². The molecule has 156 valence electrons. The van der Waals surface area contributed by atoms with Gasteiger partial charge in [0.2, 0.25) is 0 Å². The highest BCUT2D eigenvalue weighted by atomic mass is 19.3. The molecular weight excluding hydrogens is 382 g/mol. The van der Waals surface area contributed by atoms with Crippen LogP contribution >= 0.6 is 0 Å². The summed E-state index contributed by atoms with van der Waals surface area (Å²) in [6.07, 6.45) is 0. The maximum absolute atomic E-state index is 12.6. The Balaban J connectivity index is 1.71. The minimum Gasteiger partial charge on any atom is -0.497 e. The molecule has 2 aromatic rings. The molecule has 0 bridgehead atoms. The van der Waals surface area contributed by atoms with E-state index in [1.54, 1.807) is 13.2 Å². The highest BCUT2D eigenvalue weighted by molar-refractivity contribution is 5.94. The quantitative estimate of drug-likeness (QED) is 0.730. The van der Waals surface area contributed by atoms with Gasteiger partial charge >= 0.3 is 6.61 Å². The number of alkyl halides is 2. The molecule has 3 rings (SSSR count). The average Bonchev–Trinajstić information content (AvgIpc) is 2.74. The Kier molecular flexibility index (Phi) is 7.37. The van der Waals surface area contributed by atoms with Gasteiger partial charge in [-0.15, -0.1) is 0 Å². The summed E-state index contributed by atoms with van der Waals surface area (Å²) in [4.78, 5) is 14.8. The van der Waals surface area contributed by atoms with Crippen molar-refractivity contribution in [2.24, 2.45) is 0 Å². The lowest BCUT2D eigenvalue weighted by molar-refractivity contribution is -0.0498. The Bertz CT molecular complexity index is 796. The van der Waals surface area contributed by atoms with E-state index < -0.39 is 6.61 Å². The van der Waals surface area contributed by atoms with Crippen LogP contribution in [0.1, 0.15) is 22.0 Å². The molecule has 1 amide bonds.